The first-order valence-corrected chi connectivity index (χ1v) is 7.52. The van der Waals surface area contributed by atoms with Gasteiger partial charge >= 0.3 is 0 Å². The fourth-order valence-corrected chi connectivity index (χ4v) is 1.28. The number of hydrogen-bond acceptors (Lipinski definition) is 4. The zero-order valence-electron chi connectivity index (χ0n) is 13.6. The van der Waals surface area contributed by atoms with Crippen molar-refractivity contribution in [3.8, 4) is 0 Å². The maximum absolute atomic E-state index is 11.4. The number of hydrazone groups is 2. The topological polar surface area (TPSA) is 82.9 Å². The van der Waals surface area contributed by atoms with Crippen molar-refractivity contribution >= 4 is 24.2 Å². The zero-order chi connectivity index (χ0) is 16.1. The van der Waals surface area contributed by atoms with Gasteiger partial charge in [0.1, 0.15) is 0 Å². The molecule has 0 aliphatic rings. The molecule has 0 spiro atoms. The number of nitrogens with zero attached hydrogens (tertiary/aromatic N) is 2. The Labute approximate surface area is 127 Å². The molecule has 0 aromatic carbocycles. The number of amides is 2. The Morgan fingerprint density at radius 3 is 1.57 bits per heavy atom. The molecule has 0 fully saturated rings. The molecule has 0 aromatic heterocycles. The molecule has 0 heterocycles. The van der Waals surface area contributed by atoms with Gasteiger partial charge in [-0.2, -0.15) is 10.2 Å². The van der Waals surface area contributed by atoms with E-state index < -0.39 is 0 Å². The van der Waals surface area contributed by atoms with Crippen LogP contribution in [0.25, 0.3) is 0 Å². The molecule has 0 bridgehead atoms. The number of hydrogen-bond donors (Lipinski definition) is 2. The second-order valence-corrected chi connectivity index (χ2v) is 5.81. The van der Waals surface area contributed by atoms with E-state index in [9.17, 15) is 9.59 Å². The van der Waals surface area contributed by atoms with Crippen molar-refractivity contribution in [1.82, 2.24) is 10.9 Å². The highest BCUT2D eigenvalue weighted by molar-refractivity contribution is 5.79. The van der Waals surface area contributed by atoms with E-state index in [-0.39, 0.29) is 24.7 Å². The minimum atomic E-state index is -0.175. The van der Waals surface area contributed by atoms with Crippen LogP contribution in [0.2, 0.25) is 0 Å². The Bertz CT molecular complexity index is 329. The molecule has 2 amide bonds. The van der Waals surface area contributed by atoms with Gasteiger partial charge in [-0.15, -0.1) is 0 Å². The van der Waals surface area contributed by atoms with Crippen molar-refractivity contribution in [1.29, 1.82) is 0 Å². The Hall–Kier alpha value is -1.72. The molecule has 0 rings (SSSR count). The van der Waals surface area contributed by atoms with Gasteiger partial charge in [-0.05, 0) is 31.1 Å². The summed E-state index contributed by atoms with van der Waals surface area (Å²) in [5.74, 6) is 0.688. The van der Waals surface area contributed by atoms with E-state index in [1.165, 1.54) is 0 Å². The van der Waals surface area contributed by atoms with Crippen LogP contribution in [-0.4, -0.2) is 24.2 Å². The lowest BCUT2D eigenvalue weighted by molar-refractivity contribution is -0.122. The van der Waals surface area contributed by atoms with Crippen LogP contribution in [-0.2, 0) is 9.59 Å². The minimum Gasteiger partial charge on any atom is -0.273 e. The van der Waals surface area contributed by atoms with Crippen LogP contribution in [0.15, 0.2) is 10.2 Å². The summed E-state index contributed by atoms with van der Waals surface area (Å²) in [7, 11) is 0. The van der Waals surface area contributed by atoms with Gasteiger partial charge in [0.2, 0.25) is 11.8 Å². The number of carbonyl (C=O) groups excluding carboxylic acids is 2. The quantitative estimate of drug-likeness (QED) is 0.479. The second kappa shape index (κ2) is 12.1. The molecular weight excluding hydrogens is 268 g/mol. The van der Waals surface area contributed by atoms with Crippen LogP contribution < -0.4 is 10.9 Å². The third kappa shape index (κ3) is 14.5. The van der Waals surface area contributed by atoms with E-state index in [2.05, 4.69) is 48.7 Å². The molecule has 120 valence electrons. The molecule has 0 radical (unpaired) electrons. The van der Waals surface area contributed by atoms with Crippen molar-refractivity contribution in [2.75, 3.05) is 0 Å². The average Bonchev–Trinajstić information content (AvgIpc) is 2.39. The van der Waals surface area contributed by atoms with Crippen molar-refractivity contribution in [3.05, 3.63) is 0 Å². The summed E-state index contributed by atoms with van der Waals surface area (Å²) in [5.41, 5.74) is 4.89. The van der Waals surface area contributed by atoms with Crippen LogP contribution in [0.4, 0.5) is 0 Å². The smallest absolute Gasteiger partial charge is 0.240 e. The summed E-state index contributed by atoms with van der Waals surface area (Å²) < 4.78 is 0. The molecule has 0 aromatic rings. The highest BCUT2D eigenvalue weighted by atomic mass is 16.2. The minimum absolute atomic E-state index is 0.175. The average molecular weight is 296 g/mol. The monoisotopic (exact) mass is 296 g/mol. The fraction of sp³-hybridized carbons (Fsp3) is 0.733. The van der Waals surface area contributed by atoms with E-state index in [1.807, 2.05) is 0 Å². The lowest BCUT2D eigenvalue weighted by atomic mass is 10.2. The summed E-state index contributed by atoms with van der Waals surface area (Å²) in [6.45, 7) is 8.32. The van der Waals surface area contributed by atoms with Crippen LogP contribution in [0.5, 0.6) is 0 Å². The Balaban J connectivity index is 3.64. The van der Waals surface area contributed by atoms with Gasteiger partial charge in [-0.3, -0.25) is 9.59 Å². The van der Waals surface area contributed by atoms with E-state index >= 15 is 0 Å². The van der Waals surface area contributed by atoms with Gasteiger partial charge in [-0.25, -0.2) is 10.9 Å². The maximum atomic E-state index is 11.4. The fourth-order valence-electron chi connectivity index (χ4n) is 1.28. The van der Waals surface area contributed by atoms with Crippen molar-refractivity contribution in [3.63, 3.8) is 0 Å². The first kappa shape index (κ1) is 19.3. The van der Waals surface area contributed by atoms with Gasteiger partial charge < -0.3 is 0 Å². The summed E-state index contributed by atoms with van der Waals surface area (Å²) in [6.07, 6.45) is 6.09. The van der Waals surface area contributed by atoms with Crippen LogP contribution in [0.3, 0.4) is 0 Å². The molecular formula is C15H28N4O2. The van der Waals surface area contributed by atoms with Crippen molar-refractivity contribution < 1.29 is 9.59 Å². The first-order valence-electron chi connectivity index (χ1n) is 7.52. The van der Waals surface area contributed by atoms with Crippen LogP contribution in [0.1, 0.15) is 59.8 Å². The Kier molecular flexibility index (Phi) is 11.1. The largest absolute Gasteiger partial charge is 0.273 e. The van der Waals surface area contributed by atoms with E-state index in [4.69, 9.17) is 0 Å². The summed E-state index contributed by atoms with van der Waals surface area (Å²) in [5, 5.41) is 7.68. The zero-order valence-corrected chi connectivity index (χ0v) is 13.6. The molecule has 2 N–H and O–H groups in total. The molecule has 0 saturated carbocycles. The predicted molar refractivity (Wildman–Crippen MR) is 86.0 cm³/mol. The van der Waals surface area contributed by atoms with Crippen LogP contribution >= 0.6 is 0 Å². The number of rotatable bonds is 10. The van der Waals surface area contributed by atoms with Gasteiger partial charge in [0.05, 0.1) is 0 Å². The molecule has 0 atom stereocenters. The normalized spacial score (nSPS) is 11.7. The molecule has 0 unspecified atom stereocenters. The van der Waals surface area contributed by atoms with Crippen molar-refractivity contribution in [2.24, 2.45) is 22.0 Å². The summed E-state index contributed by atoms with van der Waals surface area (Å²) in [6, 6.07) is 0. The first-order chi connectivity index (χ1) is 9.91. The van der Waals surface area contributed by atoms with E-state index in [1.54, 1.807) is 12.4 Å². The third-order valence-electron chi connectivity index (χ3n) is 2.52. The number of nitrogens with one attached hydrogen (secondary N) is 2. The highest BCUT2D eigenvalue weighted by Crippen LogP contribution is 1.97. The van der Waals surface area contributed by atoms with E-state index in [0.717, 1.165) is 12.8 Å². The maximum Gasteiger partial charge on any atom is 0.240 e. The standard InChI is InChI=1S/C15H28N4O2/c1-12(2)8-10-16-18-14(20)6-5-7-15(21)19-17-11-9-13(3)4/h10-13H,5-9H2,1-4H3,(H,18,20)(H,19,21)/b16-10+,17-11+. The predicted octanol–water partition coefficient (Wildman–Crippen LogP) is 2.45. The van der Waals surface area contributed by atoms with Gasteiger partial charge in [0.25, 0.3) is 0 Å². The van der Waals surface area contributed by atoms with Gasteiger partial charge in [-0.1, -0.05) is 27.7 Å². The molecule has 0 saturated heterocycles. The Morgan fingerprint density at radius 1 is 0.857 bits per heavy atom. The summed E-state index contributed by atoms with van der Waals surface area (Å²) >= 11 is 0. The van der Waals surface area contributed by atoms with Crippen LogP contribution in [0, 0.1) is 11.8 Å². The molecule has 0 aliphatic carbocycles. The lowest BCUT2D eigenvalue weighted by Gasteiger charge is -2.01. The molecule has 21 heavy (non-hydrogen) atoms. The third-order valence-corrected chi connectivity index (χ3v) is 2.52. The molecule has 6 heteroatoms. The lowest BCUT2D eigenvalue weighted by Crippen LogP contribution is -2.20. The Morgan fingerprint density at radius 2 is 1.24 bits per heavy atom. The SMILES string of the molecule is CC(C)C/C=N/NC(=O)CCCC(=O)N/N=C/CC(C)C. The second-order valence-electron chi connectivity index (χ2n) is 5.81. The summed E-state index contributed by atoms with van der Waals surface area (Å²) in [4.78, 5) is 22.8. The van der Waals surface area contributed by atoms with E-state index in [0.29, 0.717) is 18.3 Å². The van der Waals surface area contributed by atoms with Crippen molar-refractivity contribution in [2.45, 2.75) is 59.8 Å². The van der Waals surface area contributed by atoms with Gasteiger partial charge in [0, 0.05) is 25.3 Å². The number of carbonyl (C=O) groups is 2. The molecule has 0 aliphatic heterocycles. The molecule has 6 nitrogen and oxygen atoms in total. The van der Waals surface area contributed by atoms with Gasteiger partial charge in [0.15, 0.2) is 0 Å². The highest BCUT2D eigenvalue weighted by Gasteiger charge is 2.03.